The molecule has 7 nitrogen and oxygen atoms in total. The third-order valence-corrected chi connectivity index (χ3v) is 4.31. The maximum atomic E-state index is 12.2. The average molecular weight is 294 g/mol. The van der Waals surface area contributed by atoms with Crippen molar-refractivity contribution in [3.8, 4) is 0 Å². The molecule has 1 saturated heterocycles. The fourth-order valence-corrected chi connectivity index (χ4v) is 2.95. The number of amides is 1. The molecule has 116 valence electrons. The van der Waals surface area contributed by atoms with Gasteiger partial charge < -0.3 is 14.6 Å². The molecule has 21 heavy (non-hydrogen) atoms. The molecular formula is C14H22N4O3. The van der Waals surface area contributed by atoms with Crippen molar-refractivity contribution in [1.29, 1.82) is 0 Å². The summed E-state index contributed by atoms with van der Waals surface area (Å²) in [6.07, 6.45) is 6.20. The smallest absolute Gasteiger partial charge is 0.309 e. The van der Waals surface area contributed by atoms with Crippen LogP contribution in [-0.2, 0) is 16.1 Å². The lowest BCUT2D eigenvalue weighted by atomic mass is 9.75. The van der Waals surface area contributed by atoms with Crippen LogP contribution >= 0.6 is 0 Å². The Morgan fingerprint density at radius 1 is 1.24 bits per heavy atom. The zero-order valence-electron chi connectivity index (χ0n) is 12.4. The molecule has 1 aromatic heterocycles. The summed E-state index contributed by atoms with van der Waals surface area (Å²) in [6, 6.07) is 0. The Balaban J connectivity index is 1.85. The van der Waals surface area contributed by atoms with Crippen LogP contribution in [0.1, 0.15) is 39.0 Å². The number of carbonyl (C=O) groups is 2. The second kappa shape index (κ2) is 6.69. The van der Waals surface area contributed by atoms with Crippen LogP contribution in [0.4, 0.5) is 0 Å². The Bertz CT molecular complexity index is 478. The van der Waals surface area contributed by atoms with Crippen LogP contribution in [0.15, 0.2) is 12.7 Å². The van der Waals surface area contributed by atoms with E-state index in [4.69, 9.17) is 0 Å². The lowest BCUT2D eigenvalue weighted by molar-refractivity contribution is -0.155. The molecule has 0 spiro atoms. The van der Waals surface area contributed by atoms with Gasteiger partial charge in [0.05, 0.1) is 5.41 Å². The first-order chi connectivity index (χ1) is 10.1. The minimum atomic E-state index is -0.721. The number of hydrogen-bond acceptors (Lipinski definition) is 4. The first-order valence-electron chi connectivity index (χ1n) is 7.41. The predicted octanol–water partition coefficient (Wildman–Crippen LogP) is 1.16. The number of piperidine rings is 1. The Hall–Kier alpha value is -1.92. The van der Waals surface area contributed by atoms with Crippen LogP contribution < -0.4 is 0 Å². The number of aromatic nitrogens is 3. The molecule has 0 radical (unpaired) electrons. The maximum absolute atomic E-state index is 12.2. The fourth-order valence-electron chi connectivity index (χ4n) is 2.95. The van der Waals surface area contributed by atoms with Crippen molar-refractivity contribution in [1.82, 2.24) is 19.7 Å². The van der Waals surface area contributed by atoms with E-state index in [2.05, 4.69) is 10.2 Å². The van der Waals surface area contributed by atoms with Crippen LogP contribution in [0.5, 0.6) is 0 Å². The normalized spacial score (nSPS) is 17.7. The van der Waals surface area contributed by atoms with Gasteiger partial charge in [-0.3, -0.25) is 9.59 Å². The van der Waals surface area contributed by atoms with E-state index in [1.807, 2.05) is 6.92 Å². The van der Waals surface area contributed by atoms with Gasteiger partial charge in [0.25, 0.3) is 0 Å². The quantitative estimate of drug-likeness (QED) is 0.850. The Labute approximate surface area is 124 Å². The van der Waals surface area contributed by atoms with Gasteiger partial charge in [-0.05, 0) is 19.3 Å². The van der Waals surface area contributed by atoms with Gasteiger partial charge in [-0.15, -0.1) is 10.2 Å². The molecule has 0 aromatic carbocycles. The number of carbonyl (C=O) groups excluding carboxylic acids is 1. The van der Waals surface area contributed by atoms with Gasteiger partial charge in [-0.2, -0.15) is 0 Å². The molecule has 1 N–H and O–H groups in total. The van der Waals surface area contributed by atoms with Crippen molar-refractivity contribution >= 4 is 11.9 Å². The molecule has 0 unspecified atom stereocenters. The molecule has 2 rings (SSSR count). The van der Waals surface area contributed by atoms with E-state index >= 15 is 0 Å². The molecule has 1 amide bonds. The summed E-state index contributed by atoms with van der Waals surface area (Å²) in [4.78, 5) is 25.4. The number of likely N-dealkylation sites (tertiary alicyclic amines) is 1. The van der Waals surface area contributed by atoms with Crippen molar-refractivity contribution in [3.05, 3.63) is 12.7 Å². The largest absolute Gasteiger partial charge is 0.481 e. The summed E-state index contributed by atoms with van der Waals surface area (Å²) in [7, 11) is 0. The number of rotatable bonds is 6. The number of aryl methyl sites for hydroxylation is 1. The molecule has 1 aliphatic heterocycles. The van der Waals surface area contributed by atoms with E-state index < -0.39 is 11.4 Å². The van der Waals surface area contributed by atoms with Crippen LogP contribution in [0, 0.1) is 5.41 Å². The maximum Gasteiger partial charge on any atom is 0.309 e. The summed E-state index contributed by atoms with van der Waals surface area (Å²) >= 11 is 0. The zero-order valence-corrected chi connectivity index (χ0v) is 12.4. The molecule has 1 fully saturated rings. The van der Waals surface area contributed by atoms with E-state index in [0.717, 1.165) is 6.42 Å². The fraction of sp³-hybridized carbons (Fsp3) is 0.714. The van der Waals surface area contributed by atoms with Gasteiger partial charge in [0.15, 0.2) is 0 Å². The highest BCUT2D eigenvalue weighted by atomic mass is 16.4. The molecule has 1 aliphatic rings. The van der Waals surface area contributed by atoms with Gasteiger partial charge in [-0.1, -0.05) is 13.3 Å². The lowest BCUT2D eigenvalue weighted by Crippen LogP contribution is -2.46. The number of carboxylic acid groups (broad SMARTS) is 1. The standard InChI is InChI=1S/C14H22N4O3/c1-2-4-14(13(20)21)5-8-18(9-6-14)12(19)3-7-17-10-15-16-11-17/h10-11H,2-9H2,1H3,(H,20,21). The molecule has 7 heteroatoms. The van der Waals surface area contributed by atoms with E-state index in [-0.39, 0.29) is 5.91 Å². The molecule has 0 saturated carbocycles. The third kappa shape index (κ3) is 3.59. The molecule has 0 bridgehead atoms. The molecule has 1 aromatic rings. The van der Waals surface area contributed by atoms with Gasteiger partial charge in [0.2, 0.25) is 5.91 Å². The van der Waals surface area contributed by atoms with E-state index in [0.29, 0.717) is 45.3 Å². The lowest BCUT2D eigenvalue weighted by Gasteiger charge is -2.39. The van der Waals surface area contributed by atoms with Gasteiger partial charge in [0, 0.05) is 26.1 Å². The van der Waals surface area contributed by atoms with Gasteiger partial charge >= 0.3 is 5.97 Å². The van der Waals surface area contributed by atoms with Crippen molar-refractivity contribution < 1.29 is 14.7 Å². The second-order valence-corrected chi connectivity index (χ2v) is 5.67. The minimum absolute atomic E-state index is 0.0687. The summed E-state index contributed by atoms with van der Waals surface area (Å²) < 4.78 is 1.76. The number of carboxylic acids is 1. The Kier molecular flexibility index (Phi) is 4.93. The van der Waals surface area contributed by atoms with Crippen LogP contribution in [0.2, 0.25) is 0 Å². The highest BCUT2D eigenvalue weighted by molar-refractivity contribution is 5.78. The average Bonchev–Trinajstić information content (AvgIpc) is 2.99. The van der Waals surface area contributed by atoms with E-state index in [9.17, 15) is 14.7 Å². The SMILES string of the molecule is CCCC1(C(=O)O)CCN(C(=O)CCn2cnnc2)CC1. The minimum Gasteiger partial charge on any atom is -0.481 e. The molecule has 0 aliphatic carbocycles. The summed E-state index contributed by atoms with van der Waals surface area (Å²) in [6.45, 7) is 3.63. The van der Waals surface area contributed by atoms with Crippen molar-refractivity contribution in [2.24, 2.45) is 5.41 Å². The third-order valence-electron chi connectivity index (χ3n) is 4.31. The molecule has 0 atom stereocenters. The number of hydrogen-bond donors (Lipinski definition) is 1. The van der Waals surface area contributed by atoms with Gasteiger partial charge in [0.1, 0.15) is 12.7 Å². The highest BCUT2D eigenvalue weighted by Gasteiger charge is 2.41. The van der Waals surface area contributed by atoms with Gasteiger partial charge in [-0.25, -0.2) is 0 Å². The summed E-state index contributed by atoms with van der Waals surface area (Å²) in [5, 5.41) is 16.8. The zero-order chi connectivity index (χ0) is 15.3. The van der Waals surface area contributed by atoms with Crippen LogP contribution in [-0.4, -0.2) is 49.7 Å². The second-order valence-electron chi connectivity index (χ2n) is 5.67. The van der Waals surface area contributed by atoms with E-state index in [1.54, 1.807) is 22.1 Å². The summed E-state index contributed by atoms with van der Waals surface area (Å²) in [5.41, 5.74) is -0.639. The van der Waals surface area contributed by atoms with Crippen molar-refractivity contribution in [3.63, 3.8) is 0 Å². The number of aliphatic carboxylic acids is 1. The Morgan fingerprint density at radius 2 is 1.86 bits per heavy atom. The number of nitrogens with zero attached hydrogens (tertiary/aromatic N) is 4. The van der Waals surface area contributed by atoms with Crippen LogP contribution in [0.25, 0.3) is 0 Å². The first kappa shape index (κ1) is 15.5. The Morgan fingerprint density at radius 3 is 2.38 bits per heavy atom. The predicted molar refractivity (Wildman–Crippen MR) is 75.4 cm³/mol. The summed E-state index contributed by atoms with van der Waals surface area (Å²) in [5.74, 6) is -0.653. The highest BCUT2D eigenvalue weighted by Crippen LogP contribution is 2.36. The molecular weight excluding hydrogens is 272 g/mol. The topological polar surface area (TPSA) is 88.3 Å². The van der Waals surface area contributed by atoms with Crippen LogP contribution in [0.3, 0.4) is 0 Å². The molecule has 2 heterocycles. The van der Waals surface area contributed by atoms with Crippen molar-refractivity contribution in [2.75, 3.05) is 13.1 Å². The van der Waals surface area contributed by atoms with Crippen molar-refractivity contribution in [2.45, 2.75) is 45.6 Å². The van der Waals surface area contributed by atoms with E-state index in [1.165, 1.54) is 0 Å². The monoisotopic (exact) mass is 294 g/mol. The first-order valence-corrected chi connectivity index (χ1v) is 7.41.